The van der Waals surface area contributed by atoms with E-state index in [1.807, 2.05) is 0 Å². The van der Waals surface area contributed by atoms with Gasteiger partial charge in [0, 0.05) is 18.1 Å². The molecule has 14 heavy (non-hydrogen) atoms. The molecule has 2 heterocycles. The second-order valence-corrected chi connectivity index (χ2v) is 4.74. The van der Waals surface area contributed by atoms with Crippen molar-refractivity contribution in [3.63, 3.8) is 0 Å². The molecule has 0 radical (unpaired) electrons. The number of hydrogen-bond acceptors (Lipinski definition) is 3. The summed E-state index contributed by atoms with van der Waals surface area (Å²) in [4.78, 5) is 2.65. The van der Waals surface area contributed by atoms with Gasteiger partial charge in [-0.25, -0.2) is 0 Å². The van der Waals surface area contributed by atoms with E-state index >= 15 is 0 Å². The van der Waals surface area contributed by atoms with Gasteiger partial charge in [0.2, 0.25) is 0 Å². The molecule has 2 fully saturated rings. The van der Waals surface area contributed by atoms with Crippen LogP contribution in [0.2, 0.25) is 0 Å². The lowest BCUT2D eigenvalue weighted by Crippen LogP contribution is -2.58. The fourth-order valence-electron chi connectivity index (χ4n) is 3.17. The van der Waals surface area contributed by atoms with Crippen LogP contribution in [0.5, 0.6) is 0 Å². The topological polar surface area (TPSA) is 41.3 Å². The maximum absolute atomic E-state index is 6.30. The van der Waals surface area contributed by atoms with E-state index in [1.165, 1.54) is 38.8 Å². The van der Waals surface area contributed by atoms with Crippen molar-refractivity contribution in [2.24, 2.45) is 5.73 Å². The minimum atomic E-state index is 0.348. The molecule has 0 aromatic heterocycles. The van der Waals surface area contributed by atoms with Gasteiger partial charge in [0.25, 0.3) is 0 Å². The Kier molecular flexibility index (Phi) is 3.10. The van der Waals surface area contributed by atoms with E-state index in [1.54, 1.807) is 0 Å². The molecule has 1 atom stereocenters. The quantitative estimate of drug-likeness (QED) is 0.679. The number of hydrogen-bond donors (Lipinski definition) is 2. The summed E-state index contributed by atoms with van der Waals surface area (Å²) in [6, 6.07) is 0.413. The molecular weight excluding hydrogens is 174 g/mol. The molecule has 2 rings (SSSR count). The smallest absolute Gasteiger partial charge is 0.0384 e. The zero-order valence-electron chi connectivity index (χ0n) is 9.26. The van der Waals surface area contributed by atoms with Crippen molar-refractivity contribution in [2.75, 3.05) is 26.2 Å². The third kappa shape index (κ3) is 1.58. The highest BCUT2D eigenvalue weighted by Crippen LogP contribution is 2.35. The molecule has 3 nitrogen and oxygen atoms in total. The van der Waals surface area contributed by atoms with Crippen molar-refractivity contribution in [3.8, 4) is 0 Å². The molecule has 3 N–H and O–H groups in total. The van der Waals surface area contributed by atoms with Gasteiger partial charge < -0.3 is 11.1 Å². The van der Waals surface area contributed by atoms with Gasteiger partial charge in [0.15, 0.2) is 0 Å². The van der Waals surface area contributed by atoms with Crippen LogP contribution >= 0.6 is 0 Å². The zero-order valence-corrected chi connectivity index (χ0v) is 9.26. The summed E-state index contributed by atoms with van der Waals surface area (Å²) in [5.41, 5.74) is 6.64. The Morgan fingerprint density at radius 1 is 1.43 bits per heavy atom. The number of likely N-dealkylation sites (tertiary alicyclic amines) is 1. The molecule has 0 aliphatic carbocycles. The first-order chi connectivity index (χ1) is 6.79. The van der Waals surface area contributed by atoms with E-state index in [4.69, 9.17) is 5.73 Å². The van der Waals surface area contributed by atoms with Crippen molar-refractivity contribution in [1.29, 1.82) is 0 Å². The van der Waals surface area contributed by atoms with Crippen molar-refractivity contribution < 1.29 is 0 Å². The lowest BCUT2D eigenvalue weighted by Gasteiger charge is -2.44. The SMILES string of the molecule is CCCN1CCC(N)C12CCNCC2. The van der Waals surface area contributed by atoms with Crippen molar-refractivity contribution in [2.45, 2.75) is 44.2 Å². The molecule has 82 valence electrons. The first-order valence-corrected chi connectivity index (χ1v) is 6.01. The molecule has 2 aliphatic heterocycles. The Bertz CT molecular complexity index is 185. The van der Waals surface area contributed by atoms with Gasteiger partial charge in [-0.15, -0.1) is 0 Å². The molecular formula is C11H23N3. The first kappa shape index (κ1) is 10.4. The highest BCUT2D eigenvalue weighted by molar-refractivity contribution is 5.06. The summed E-state index contributed by atoms with van der Waals surface area (Å²) in [6.45, 7) is 7.00. The van der Waals surface area contributed by atoms with Gasteiger partial charge in [-0.05, 0) is 45.3 Å². The Morgan fingerprint density at radius 2 is 2.14 bits per heavy atom. The second kappa shape index (κ2) is 4.17. The summed E-state index contributed by atoms with van der Waals surface area (Å²) < 4.78 is 0. The van der Waals surface area contributed by atoms with Crippen molar-refractivity contribution in [3.05, 3.63) is 0 Å². The van der Waals surface area contributed by atoms with Crippen LogP contribution in [0.1, 0.15) is 32.6 Å². The van der Waals surface area contributed by atoms with E-state index in [2.05, 4.69) is 17.1 Å². The molecule has 1 spiro atoms. The number of nitrogens with one attached hydrogen (secondary N) is 1. The van der Waals surface area contributed by atoms with Gasteiger partial charge in [0.05, 0.1) is 0 Å². The Hall–Kier alpha value is -0.120. The normalized spacial score (nSPS) is 32.6. The third-order valence-electron chi connectivity index (χ3n) is 3.99. The average Bonchev–Trinajstić information content (AvgIpc) is 2.49. The minimum absolute atomic E-state index is 0.348. The van der Waals surface area contributed by atoms with Crippen LogP contribution in [0.3, 0.4) is 0 Å². The fourth-order valence-corrected chi connectivity index (χ4v) is 3.17. The summed E-state index contributed by atoms with van der Waals surface area (Å²) in [5.74, 6) is 0. The molecule has 0 aromatic rings. The second-order valence-electron chi connectivity index (χ2n) is 4.74. The fraction of sp³-hybridized carbons (Fsp3) is 1.00. The van der Waals surface area contributed by atoms with E-state index in [0.29, 0.717) is 11.6 Å². The van der Waals surface area contributed by atoms with Gasteiger partial charge >= 0.3 is 0 Å². The minimum Gasteiger partial charge on any atom is -0.326 e. The standard InChI is InChI=1S/C11H23N3/c1-2-8-14-9-3-10(12)11(14)4-6-13-7-5-11/h10,13H,2-9,12H2,1H3. The third-order valence-corrected chi connectivity index (χ3v) is 3.99. The van der Waals surface area contributed by atoms with Crippen molar-refractivity contribution >= 4 is 0 Å². The Morgan fingerprint density at radius 3 is 2.79 bits per heavy atom. The monoisotopic (exact) mass is 197 g/mol. The van der Waals surface area contributed by atoms with Crippen LogP contribution in [0.15, 0.2) is 0 Å². The molecule has 2 saturated heterocycles. The lowest BCUT2D eigenvalue weighted by molar-refractivity contribution is 0.0882. The molecule has 0 aromatic carbocycles. The highest BCUT2D eigenvalue weighted by atomic mass is 15.3. The predicted octanol–water partition coefficient (Wildman–Crippen LogP) is 0.552. The molecule has 0 saturated carbocycles. The van der Waals surface area contributed by atoms with E-state index < -0.39 is 0 Å². The summed E-state index contributed by atoms with van der Waals surface area (Å²) in [7, 11) is 0. The highest BCUT2D eigenvalue weighted by Gasteiger charge is 2.46. The van der Waals surface area contributed by atoms with Crippen LogP contribution in [-0.4, -0.2) is 42.7 Å². The van der Waals surface area contributed by atoms with E-state index in [9.17, 15) is 0 Å². The number of nitrogens with two attached hydrogens (primary N) is 1. The van der Waals surface area contributed by atoms with E-state index in [0.717, 1.165) is 13.1 Å². The summed E-state index contributed by atoms with van der Waals surface area (Å²) in [5, 5.41) is 3.44. The van der Waals surface area contributed by atoms with Gasteiger partial charge in [-0.2, -0.15) is 0 Å². The number of piperidine rings is 1. The zero-order chi connectivity index (χ0) is 10.0. The number of nitrogens with zero attached hydrogens (tertiary/aromatic N) is 1. The van der Waals surface area contributed by atoms with Gasteiger partial charge in [-0.1, -0.05) is 6.92 Å². The van der Waals surface area contributed by atoms with Crippen LogP contribution in [0, 0.1) is 0 Å². The Balaban J connectivity index is 2.09. The van der Waals surface area contributed by atoms with Crippen LogP contribution in [0.4, 0.5) is 0 Å². The molecule has 0 bridgehead atoms. The average molecular weight is 197 g/mol. The largest absolute Gasteiger partial charge is 0.326 e. The van der Waals surface area contributed by atoms with Gasteiger partial charge in [0.1, 0.15) is 0 Å². The summed E-state index contributed by atoms with van der Waals surface area (Å²) >= 11 is 0. The Labute approximate surface area is 87.0 Å². The van der Waals surface area contributed by atoms with E-state index in [-0.39, 0.29) is 0 Å². The molecule has 2 aliphatic rings. The first-order valence-electron chi connectivity index (χ1n) is 6.01. The molecule has 1 unspecified atom stereocenters. The van der Waals surface area contributed by atoms with Crippen LogP contribution in [-0.2, 0) is 0 Å². The molecule has 0 amide bonds. The summed E-state index contributed by atoms with van der Waals surface area (Å²) in [6.07, 6.45) is 4.93. The maximum Gasteiger partial charge on any atom is 0.0384 e. The molecule has 3 heteroatoms. The van der Waals surface area contributed by atoms with Crippen LogP contribution in [0.25, 0.3) is 0 Å². The lowest BCUT2D eigenvalue weighted by atomic mass is 9.82. The maximum atomic E-state index is 6.30. The van der Waals surface area contributed by atoms with Crippen molar-refractivity contribution in [1.82, 2.24) is 10.2 Å². The van der Waals surface area contributed by atoms with Crippen LogP contribution < -0.4 is 11.1 Å². The van der Waals surface area contributed by atoms with Gasteiger partial charge in [-0.3, -0.25) is 4.90 Å². The number of rotatable bonds is 2. The predicted molar refractivity (Wildman–Crippen MR) is 59.3 cm³/mol.